The van der Waals surface area contributed by atoms with Crippen molar-refractivity contribution >= 4 is 17.2 Å². The van der Waals surface area contributed by atoms with Crippen molar-refractivity contribution in [1.29, 1.82) is 0 Å². The van der Waals surface area contributed by atoms with Gasteiger partial charge in [-0.2, -0.15) is 15.0 Å². The lowest BCUT2D eigenvalue weighted by molar-refractivity contribution is -0.137. The van der Waals surface area contributed by atoms with Crippen LogP contribution in [-0.4, -0.2) is 53.9 Å². The zero-order chi connectivity index (χ0) is 17.2. The number of hydrogen-bond acceptors (Lipinski definition) is 6. The van der Waals surface area contributed by atoms with E-state index in [4.69, 9.17) is 0 Å². The van der Waals surface area contributed by atoms with Gasteiger partial charge in [0.15, 0.2) is 0 Å². The molecule has 0 radical (unpaired) electrons. The molecule has 0 saturated carbocycles. The molecule has 0 aliphatic carbocycles. The van der Waals surface area contributed by atoms with Crippen LogP contribution in [-0.2, 0) is 17.8 Å². The minimum absolute atomic E-state index is 0.208. The topological polar surface area (TPSA) is 81.7 Å². The second-order valence-corrected chi connectivity index (χ2v) is 7.23. The molecule has 4 rings (SSSR count). The molecule has 0 aromatic carbocycles. The van der Waals surface area contributed by atoms with E-state index in [2.05, 4.69) is 38.9 Å². The van der Waals surface area contributed by atoms with Gasteiger partial charge in [0.25, 0.3) is 0 Å². The maximum atomic E-state index is 12.3. The van der Waals surface area contributed by atoms with E-state index in [0.29, 0.717) is 26.1 Å². The molecule has 3 aromatic rings. The summed E-state index contributed by atoms with van der Waals surface area (Å²) in [5.74, 6) is 0.213. The number of hydrogen-bond donors (Lipinski definition) is 0. The molecular weight excluding hydrogens is 338 g/mol. The number of likely N-dealkylation sites (tertiary alicyclic amines) is 1. The minimum Gasteiger partial charge on any atom is -0.338 e. The summed E-state index contributed by atoms with van der Waals surface area (Å²) in [5, 5.41) is 18.5. The van der Waals surface area contributed by atoms with Crippen LogP contribution < -0.4 is 0 Å². The molecular formula is C16H19N7OS. The zero-order valence-electron chi connectivity index (χ0n) is 13.9. The summed E-state index contributed by atoms with van der Waals surface area (Å²) in [4.78, 5) is 17.1. The maximum Gasteiger partial charge on any atom is 0.223 e. The van der Waals surface area contributed by atoms with Crippen LogP contribution in [0.3, 0.4) is 0 Å². The summed E-state index contributed by atoms with van der Waals surface area (Å²) in [6.07, 6.45) is 6.58. The molecule has 25 heavy (non-hydrogen) atoms. The first-order valence-electron chi connectivity index (χ1n) is 8.24. The van der Waals surface area contributed by atoms with Crippen LogP contribution in [0.25, 0.3) is 0 Å². The van der Waals surface area contributed by atoms with Gasteiger partial charge < -0.3 is 4.90 Å². The lowest BCUT2D eigenvalue weighted by Gasteiger charge is -2.39. The van der Waals surface area contributed by atoms with Crippen molar-refractivity contribution in [2.75, 3.05) is 13.1 Å². The van der Waals surface area contributed by atoms with Gasteiger partial charge in [-0.1, -0.05) is 5.21 Å². The minimum atomic E-state index is 0.208. The molecule has 3 aromatic heterocycles. The fourth-order valence-electron chi connectivity index (χ4n) is 2.90. The van der Waals surface area contributed by atoms with Gasteiger partial charge in [0.05, 0.1) is 24.6 Å². The van der Waals surface area contributed by atoms with E-state index < -0.39 is 0 Å². The van der Waals surface area contributed by atoms with Gasteiger partial charge in [-0.3, -0.25) is 4.79 Å². The van der Waals surface area contributed by atoms with Crippen molar-refractivity contribution in [2.45, 2.75) is 32.4 Å². The van der Waals surface area contributed by atoms with Crippen molar-refractivity contribution in [3.63, 3.8) is 0 Å². The molecule has 9 heteroatoms. The average Bonchev–Trinajstić information content (AvgIpc) is 3.28. The highest BCUT2D eigenvalue weighted by molar-refractivity contribution is 7.10. The van der Waals surface area contributed by atoms with Crippen molar-refractivity contribution in [2.24, 2.45) is 0 Å². The second kappa shape index (κ2) is 6.75. The molecule has 1 amide bonds. The van der Waals surface area contributed by atoms with Gasteiger partial charge in [0.1, 0.15) is 12.2 Å². The Bertz CT molecular complexity index is 848. The average molecular weight is 357 g/mol. The van der Waals surface area contributed by atoms with Gasteiger partial charge >= 0.3 is 0 Å². The zero-order valence-corrected chi connectivity index (χ0v) is 14.8. The number of rotatable bonds is 6. The Balaban J connectivity index is 1.26. The van der Waals surface area contributed by atoms with Gasteiger partial charge in [-0.05, 0) is 30.4 Å². The number of nitrogens with zero attached hydrogens (tertiary/aromatic N) is 7. The van der Waals surface area contributed by atoms with E-state index in [1.807, 2.05) is 15.8 Å². The molecule has 0 atom stereocenters. The summed E-state index contributed by atoms with van der Waals surface area (Å²) >= 11 is 1.73. The molecule has 1 aliphatic rings. The second-order valence-electron chi connectivity index (χ2n) is 6.23. The van der Waals surface area contributed by atoms with Crippen molar-refractivity contribution < 1.29 is 4.79 Å². The third-order valence-electron chi connectivity index (χ3n) is 4.45. The molecule has 0 spiro atoms. The lowest BCUT2D eigenvalue weighted by Crippen LogP contribution is -2.51. The Hall–Kier alpha value is -2.55. The molecule has 0 N–H and O–H groups in total. The Morgan fingerprint density at radius 1 is 1.32 bits per heavy atom. The molecule has 1 saturated heterocycles. The van der Waals surface area contributed by atoms with Gasteiger partial charge in [0, 0.05) is 24.4 Å². The van der Waals surface area contributed by atoms with Crippen LogP contribution in [0.4, 0.5) is 0 Å². The Morgan fingerprint density at radius 2 is 2.12 bits per heavy atom. The Kier molecular flexibility index (Phi) is 4.31. The van der Waals surface area contributed by atoms with Crippen molar-refractivity contribution in [3.05, 3.63) is 46.2 Å². The van der Waals surface area contributed by atoms with Crippen LogP contribution in [0.2, 0.25) is 0 Å². The van der Waals surface area contributed by atoms with E-state index >= 15 is 0 Å². The summed E-state index contributed by atoms with van der Waals surface area (Å²) in [6.45, 7) is 4.00. The third kappa shape index (κ3) is 3.46. The number of aromatic nitrogens is 6. The van der Waals surface area contributed by atoms with E-state index in [9.17, 15) is 4.79 Å². The summed E-state index contributed by atoms with van der Waals surface area (Å²) < 4.78 is 1.84. The van der Waals surface area contributed by atoms with Crippen molar-refractivity contribution in [1.82, 2.24) is 34.9 Å². The number of aryl methyl sites for hydroxylation is 2. The van der Waals surface area contributed by atoms with Crippen LogP contribution in [0.5, 0.6) is 0 Å². The molecule has 130 valence electrons. The fourth-order valence-corrected chi connectivity index (χ4v) is 3.81. The molecule has 0 unspecified atom stereocenters. The number of carbonyl (C=O) groups is 1. The highest BCUT2D eigenvalue weighted by Gasteiger charge is 2.32. The molecule has 1 fully saturated rings. The first-order valence-corrected chi connectivity index (χ1v) is 9.12. The monoisotopic (exact) mass is 357 g/mol. The first-order chi connectivity index (χ1) is 12.2. The summed E-state index contributed by atoms with van der Waals surface area (Å²) in [7, 11) is 0. The highest BCUT2D eigenvalue weighted by Crippen LogP contribution is 2.23. The van der Waals surface area contributed by atoms with E-state index in [1.165, 1.54) is 10.4 Å². The van der Waals surface area contributed by atoms with Gasteiger partial charge in [0.2, 0.25) is 5.91 Å². The molecule has 0 bridgehead atoms. The number of carbonyl (C=O) groups excluding carboxylic acids is 1. The Morgan fingerprint density at radius 3 is 2.84 bits per heavy atom. The highest BCUT2D eigenvalue weighted by atomic mass is 32.1. The van der Waals surface area contributed by atoms with E-state index in [0.717, 1.165) is 12.1 Å². The number of amides is 1. The van der Waals surface area contributed by atoms with E-state index in [-0.39, 0.29) is 11.9 Å². The first kappa shape index (κ1) is 15.9. The maximum absolute atomic E-state index is 12.3. The standard InChI is InChI=1S/C16H19N7OS/c1-12-4-7-25-15(12)2-3-16(24)21-10-14(11-21)22-8-13(19-20-22)9-23-17-5-6-18-23/h4-8,14H,2-3,9-11H2,1H3. The predicted octanol–water partition coefficient (Wildman–Crippen LogP) is 1.30. The third-order valence-corrected chi connectivity index (χ3v) is 5.53. The van der Waals surface area contributed by atoms with Crippen LogP contribution >= 0.6 is 11.3 Å². The number of thiophene rings is 1. The quantitative estimate of drug-likeness (QED) is 0.664. The lowest BCUT2D eigenvalue weighted by atomic mass is 10.1. The van der Waals surface area contributed by atoms with Gasteiger partial charge in [-0.15, -0.1) is 16.4 Å². The molecule has 8 nitrogen and oxygen atoms in total. The predicted molar refractivity (Wildman–Crippen MR) is 92.1 cm³/mol. The molecule has 1 aliphatic heterocycles. The van der Waals surface area contributed by atoms with Crippen LogP contribution in [0.15, 0.2) is 30.0 Å². The normalized spacial score (nSPS) is 14.7. The summed E-state index contributed by atoms with van der Waals surface area (Å²) in [5.41, 5.74) is 2.09. The molecule has 4 heterocycles. The SMILES string of the molecule is Cc1ccsc1CCC(=O)N1CC(n2cc(Cn3nccn3)nn2)C1. The smallest absolute Gasteiger partial charge is 0.223 e. The Labute approximate surface area is 149 Å². The summed E-state index contributed by atoms with van der Waals surface area (Å²) in [6, 6.07) is 2.31. The van der Waals surface area contributed by atoms with Crippen molar-refractivity contribution in [3.8, 4) is 0 Å². The van der Waals surface area contributed by atoms with Gasteiger partial charge in [-0.25, -0.2) is 4.68 Å². The fraction of sp³-hybridized carbons (Fsp3) is 0.438. The van der Waals surface area contributed by atoms with Crippen LogP contribution in [0, 0.1) is 6.92 Å². The van der Waals surface area contributed by atoms with E-state index in [1.54, 1.807) is 28.5 Å². The largest absolute Gasteiger partial charge is 0.338 e. The van der Waals surface area contributed by atoms with Crippen LogP contribution in [0.1, 0.15) is 28.6 Å².